The molecule has 1 heterocycles. The maximum atomic E-state index is 13.9. The molecule has 0 amide bonds. The Labute approximate surface area is 114 Å². The van der Waals surface area contributed by atoms with Crippen LogP contribution in [0.5, 0.6) is 0 Å². The van der Waals surface area contributed by atoms with Gasteiger partial charge in [0.1, 0.15) is 5.69 Å². The Bertz CT molecular complexity index is 513. The van der Waals surface area contributed by atoms with E-state index in [2.05, 4.69) is 6.58 Å². The number of nitro groups is 1. The highest BCUT2D eigenvalue weighted by molar-refractivity contribution is 5.54. The van der Waals surface area contributed by atoms with Gasteiger partial charge in [-0.05, 0) is 6.42 Å². The van der Waals surface area contributed by atoms with Crippen molar-refractivity contribution in [2.75, 3.05) is 24.6 Å². The molecule has 1 aromatic carbocycles. The quantitative estimate of drug-likeness (QED) is 0.474. The molecule has 1 unspecified atom stereocenters. The molecule has 1 aliphatic heterocycles. The van der Waals surface area contributed by atoms with E-state index in [-0.39, 0.29) is 11.8 Å². The first-order valence-electron chi connectivity index (χ1n) is 6.13. The van der Waals surface area contributed by atoms with E-state index in [0.29, 0.717) is 26.1 Å². The molecular formula is C13H14F2N2O3. The van der Waals surface area contributed by atoms with Crippen molar-refractivity contribution in [3.63, 3.8) is 0 Å². The maximum absolute atomic E-state index is 13.9. The number of nitro benzene ring substituents is 1. The second-order valence-corrected chi connectivity index (χ2v) is 4.49. The number of hydrogen-bond donors (Lipinski definition) is 0. The summed E-state index contributed by atoms with van der Waals surface area (Å²) in [7, 11) is 0. The van der Waals surface area contributed by atoms with Crippen LogP contribution in [0, 0.1) is 21.7 Å². The van der Waals surface area contributed by atoms with Crippen LogP contribution in [0.4, 0.5) is 20.2 Å². The molecule has 0 aliphatic carbocycles. The summed E-state index contributed by atoms with van der Waals surface area (Å²) < 4.78 is 33.2. The third-order valence-electron chi connectivity index (χ3n) is 3.12. The highest BCUT2D eigenvalue weighted by Gasteiger charge is 2.28. The Balaban J connectivity index is 2.18. The van der Waals surface area contributed by atoms with Gasteiger partial charge in [0.2, 0.25) is 0 Å². The van der Waals surface area contributed by atoms with Crippen molar-refractivity contribution in [1.29, 1.82) is 0 Å². The molecule has 0 aromatic heterocycles. The van der Waals surface area contributed by atoms with Gasteiger partial charge < -0.3 is 9.64 Å². The Hall–Kier alpha value is -2.02. The molecule has 108 valence electrons. The number of nitrogens with zero attached hydrogens (tertiary/aromatic N) is 2. The van der Waals surface area contributed by atoms with Crippen LogP contribution in [-0.4, -0.2) is 30.7 Å². The highest BCUT2D eigenvalue weighted by atomic mass is 19.1. The first kappa shape index (κ1) is 14.4. The van der Waals surface area contributed by atoms with Crippen molar-refractivity contribution in [3.8, 4) is 0 Å². The zero-order valence-corrected chi connectivity index (χ0v) is 10.7. The molecule has 7 heteroatoms. The third kappa shape index (κ3) is 2.93. The fourth-order valence-electron chi connectivity index (χ4n) is 2.23. The summed E-state index contributed by atoms with van der Waals surface area (Å²) in [5.41, 5.74) is -0.831. The van der Waals surface area contributed by atoms with E-state index in [0.717, 1.165) is 12.1 Å². The Morgan fingerprint density at radius 2 is 2.15 bits per heavy atom. The molecule has 0 saturated carbocycles. The molecular weight excluding hydrogens is 270 g/mol. The second-order valence-electron chi connectivity index (χ2n) is 4.49. The number of anilines is 1. The van der Waals surface area contributed by atoms with Crippen molar-refractivity contribution in [2.45, 2.75) is 12.5 Å². The summed E-state index contributed by atoms with van der Waals surface area (Å²) in [6.45, 7) is 4.69. The zero-order valence-electron chi connectivity index (χ0n) is 10.7. The van der Waals surface area contributed by atoms with Crippen LogP contribution >= 0.6 is 0 Å². The van der Waals surface area contributed by atoms with Crippen molar-refractivity contribution < 1.29 is 18.4 Å². The van der Waals surface area contributed by atoms with E-state index in [1.807, 2.05) is 0 Å². The van der Waals surface area contributed by atoms with Gasteiger partial charge in [-0.15, -0.1) is 6.58 Å². The SMILES string of the molecule is C=CCOC1CCN(c2c(F)cc([N+](=O)[O-])cc2F)C1. The average Bonchev–Trinajstić information content (AvgIpc) is 2.83. The van der Waals surface area contributed by atoms with Gasteiger partial charge in [0.15, 0.2) is 11.6 Å². The molecule has 1 fully saturated rings. The summed E-state index contributed by atoms with van der Waals surface area (Å²) >= 11 is 0. The maximum Gasteiger partial charge on any atom is 0.275 e. The fraction of sp³-hybridized carbons (Fsp3) is 0.385. The van der Waals surface area contributed by atoms with Gasteiger partial charge >= 0.3 is 0 Å². The van der Waals surface area contributed by atoms with E-state index >= 15 is 0 Å². The molecule has 1 aliphatic rings. The van der Waals surface area contributed by atoms with Gasteiger partial charge in [-0.3, -0.25) is 10.1 Å². The molecule has 5 nitrogen and oxygen atoms in total. The summed E-state index contributed by atoms with van der Waals surface area (Å²) in [6, 6.07) is 1.46. The minimum atomic E-state index is -0.930. The van der Waals surface area contributed by atoms with Crippen LogP contribution in [0.2, 0.25) is 0 Å². The van der Waals surface area contributed by atoms with Crippen LogP contribution in [0.25, 0.3) is 0 Å². The van der Waals surface area contributed by atoms with Gasteiger partial charge in [0.05, 0.1) is 29.8 Å². The molecule has 1 aromatic rings. The van der Waals surface area contributed by atoms with Crippen molar-refractivity contribution in [2.24, 2.45) is 0 Å². The lowest BCUT2D eigenvalue weighted by Crippen LogP contribution is -2.25. The first-order valence-corrected chi connectivity index (χ1v) is 6.13. The molecule has 0 radical (unpaired) electrons. The lowest BCUT2D eigenvalue weighted by atomic mass is 10.2. The molecule has 1 atom stereocenters. The van der Waals surface area contributed by atoms with Crippen molar-refractivity contribution in [3.05, 3.63) is 46.5 Å². The van der Waals surface area contributed by atoms with Crippen LogP contribution < -0.4 is 4.90 Å². The van der Waals surface area contributed by atoms with Crippen molar-refractivity contribution >= 4 is 11.4 Å². The number of non-ortho nitro benzene ring substituents is 1. The summed E-state index contributed by atoms with van der Waals surface area (Å²) in [5.74, 6) is -1.86. The van der Waals surface area contributed by atoms with Crippen LogP contribution in [0.15, 0.2) is 24.8 Å². The van der Waals surface area contributed by atoms with Crippen LogP contribution in [0.3, 0.4) is 0 Å². The number of hydrogen-bond acceptors (Lipinski definition) is 4. The summed E-state index contributed by atoms with van der Waals surface area (Å²) in [4.78, 5) is 11.2. The van der Waals surface area contributed by atoms with Gasteiger partial charge in [0, 0.05) is 13.1 Å². The van der Waals surface area contributed by atoms with Gasteiger partial charge in [-0.2, -0.15) is 0 Å². The van der Waals surface area contributed by atoms with E-state index in [9.17, 15) is 18.9 Å². The molecule has 2 rings (SSSR count). The Kier molecular flexibility index (Phi) is 4.29. The van der Waals surface area contributed by atoms with Crippen molar-refractivity contribution in [1.82, 2.24) is 0 Å². The number of rotatable bonds is 5. The van der Waals surface area contributed by atoms with Crippen LogP contribution in [0.1, 0.15) is 6.42 Å². The smallest absolute Gasteiger partial charge is 0.275 e. The molecule has 0 N–H and O–H groups in total. The van der Waals surface area contributed by atoms with E-state index in [1.54, 1.807) is 6.08 Å². The first-order chi connectivity index (χ1) is 9.52. The van der Waals surface area contributed by atoms with Crippen LogP contribution in [-0.2, 0) is 4.74 Å². The molecule has 1 saturated heterocycles. The van der Waals surface area contributed by atoms with E-state index in [1.165, 1.54) is 4.90 Å². The molecule has 0 bridgehead atoms. The predicted molar refractivity (Wildman–Crippen MR) is 69.8 cm³/mol. The standard InChI is InChI=1S/C13H14F2N2O3/c1-2-5-20-10-3-4-16(8-10)13-11(14)6-9(17(18)19)7-12(13)15/h2,6-7,10H,1,3-5,8H2. The Morgan fingerprint density at radius 3 is 2.70 bits per heavy atom. The number of halogens is 2. The van der Waals surface area contributed by atoms with Gasteiger partial charge in [0.25, 0.3) is 5.69 Å². The van der Waals surface area contributed by atoms with E-state index < -0.39 is 22.2 Å². The monoisotopic (exact) mass is 284 g/mol. The topological polar surface area (TPSA) is 55.6 Å². The Morgan fingerprint density at radius 1 is 1.50 bits per heavy atom. The average molecular weight is 284 g/mol. The third-order valence-corrected chi connectivity index (χ3v) is 3.12. The largest absolute Gasteiger partial charge is 0.372 e. The van der Waals surface area contributed by atoms with Gasteiger partial charge in [-0.25, -0.2) is 8.78 Å². The minimum Gasteiger partial charge on any atom is -0.372 e. The normalized spacial score (nSPS) is 18.3. The van der Waals surface area contributed by atoms with Gasteiger partial charge in [-0.1, -0.05) is 6.08 Å². The predicted octanol–water partition coefficient (Wildman–Crippen LogP) is 2.65. The summed E-state index contributed by atoms with van der Waals surface area (Å²) in [5, 5.41) is 10.5. The number of ether oxygens (including phenoxy) is 1. The number of benzene rings is 1. The second kappa shape index (κ2) is 5.96. The highest BCUT2D eigenvalue weighted by Crippen LogP contribution is 2.31. The molecule has 20 heavy (non-hydrogen) atoms. The lowest BCUT2D eigenvalue weighted by Gasteiger charge is -2.19. The van der Waals surface area contributed by atoms with E-state index in [4.69, 9.17) is 4.74 Å². The lowest BCUT2D eigenvalue weighted by molar-refractivity contribution is -0.385. The fourth-order valence-corrected chi connectivity index (χ4v) is 2.23. The summed E-state index contributed by atoms with van der Waals surface area (Å²) in [6.07, 6.45) is 2.13. The minimum absolute atomic E-state index is 0.123. The zero-order chi connectivity index (χ0) is 14.7. The molecule has 0 spiro atoms.